The highest BCUT2D eigenvalue weighted by molar-refractivity contribution is 5.41. The van der Waals surface area contributed by atoms with Crippen LogP contribution in [0.2, 0.25) is 0 Å². The van der Waals surface area contributed by atoms with Crippen molar-refractivity contribution in [3.63, 3.8) is 0 Å². The van der Waals surface area contributed by atoms with Crippen molar-refractivity contribution >= 4 is 0 Å². The van der Waals surface area contributed by atoms with Crippen LogP contribution in [-0.2, 0) is 0 Å². The number of alkyl halides is 3. The van der Waals surface area contributed by atoms with Gasteiger partial charge < -0.3 is 5.73 Å². The van der Waals surface area contributed by atoms with Crippen LogP contribution in [0.4, 0.5) is 17.6 Å². The third-order valence-corrected chi connectivity index (χ3v) is 1.85. The zero-order valence-corrected chi connectivity index (χ0v) is 7.35. The highest BCUT2D eigenvalue weighted by atomic mass is 19.4. The lowest BCUT2D eigenvalue weighted by Crippen LogP contribution is -2.29. The molecule has 0 spiro atoms. The van der Waals surface area contributed by atoms with E-state index in [4.69, 9.17) is 11.0 Å². The predicted molar refractivity (Wildman–Crippen MR) is 44.1 cm³/mol. The van der Waals surface area contributed by atoms with Gasteiger partial charge in [0.05, 0.1) is 5.56 Å². The van der Waals surface area contributed by atoms with Crippen LogP contribution in [0.15, 0.2) is 18.2 Å². The molecule has 1 aromatic carbocycles. The molecule has 1 atom stereocenters. The van der Waals surface area contributed by atoms with E-state index in [2.05, 4.69) is 0 Å². The standard InChI is InChI=1S/C9H6F4N2/c10-7-3-1-2-5(6(7)4-14)8(15)9(11,12)13/h1-3,8H,15H2/t8-/m0/s1. The van der Waals surface area contributed by atoms with Crippen molar-refractivity contribution in [3.05, 3.63) is 35.1 Å². The third-order valence-electron chi connectivity index (χ3n) is 1.85. The van der Waals surface area contributed by atoms with Gasteiger partial charge >= 0.3 is 6.18 Å². The van der Waals surface area contributed by atoms with E-state index < -0.39 is 29.2 Å². The molecule has 2 N–H and O–H groups in total. The van der Waals surface area contributed by atoms with Gasteiger partial charge in [-0.15, -0.1) is 0 Å². The lowest BCUT2D eigenvalue weighted by molar-refractivity contribution is -0.149. The highest BCUT2D eigenvalue weighted by Crippen LogP contribution is 2.32. The van der Waals surface area contributed by atoms with E-state index in [0.717, 1.165) is 18.2 Å². The number of benzene rings is 1. The van der Waals surface area contributed by atoms with Crippen molar-refractivity contribution in [2.75, 3.05) is 0 Å². The topological polar surface area (TPSA) is 49.8 Å². The largest absolute Gasteiger partial charge is 0.407 e. The normalized spacial score (nSPS) is 13.3. The Hall–Kier alpha value is -1.61. The Bertz CT molecular complexity index is 406. The SMILES string of the molecule is N#Cc1c(F)cccc1[C@H](N)C(F)(F)F. The zero-order valence-electron chi connectivity index (χ0n) is 7.35. The molecule has 0 radical (unpaired) electrons. The number of nitrogens with two attached hydrogens (primary N) is 1. The lowest BCUT2D eigenvalue weighted by Gasteiger charge is -2.16. The van der Waals surface area contributed by atoms with Crippen molar-refractivity contribution in [2.45, 2.75) is 12.2 Å². The molecule has 0 aliphatic heterocycles. The van der Waals surface area contributed by atoms with E-state index >= 15 is 0 Å². The molecule has 1 rings (SSSR count). The van der Waals surface area contributed by atoms with Gasteiger partial charge in [0, 0.05) is 0 Å². The number of nitrogens with zero attached hydrogens (tertiary/aromatic N) is 1. The molecule has 0 aromatic heterocycles. The average Bonchev–Trinajstić information content (AvgIpc) is 2.14. The molecule has 2 nitrogen and oxygen atoms in total. The summed E-state index contributed by atoms with van der Waals surface area (Å²) in [6.45, 7) is 0. The molecular formula is C9H6F4N2. The molecule has 6 heteroatoms. The maximum Gasteiger partial charge on any atom is 0.407 e. The molecule has 0 heterocycles. The van der Waals surface area contributed by atoms with E-state index in [1.54, 1.807) is 0 Å². The Balaban J connectivity index is 3.27. The molecule has 80 valence electrons. The minimum atomic E-state index is -4.70. The molecular weight excluding hydrogens is 212 g/mol. The van der Waals surface area contributed by atoms with Gasteiger partial charge in [-0.25, -0.2) is 4.39 Å². The Morgan fingerprint density at radius 3 is 2.40 bits per heavy atom. The van der Waals surface area contributed by atoms with Crippen LogP contribution in [0.25, 0.3) is 0 Å². The summed E-state index contributed by atoms with van der Waals surface area (Å²) in [5, 5.41) is 8.50. The minimum Gasteiger partial charge on any atom is -0.316 e. The number of rotatable bonds is 1. The molecule has 0 saturated carbocycles. The molecule has 0 unspecified atom stereocenters. The first-order valence-electron chi connectivity index (χ1n) is 3.88. The predicted octanol–water partition coefficient (Wildman–Crippen LogP) is 2.26. The second-order valence-electron chi connectivity index (χ2n) is 2.84. The van der Waals surface area contributed by atoms with Crippen LogP contribution in [-0.4, -0.2) is 6.18 Å². The van der Waals surface area contributed by atoms with Gasteiger partial charge in [-0.05, 0) is 11.6 Å². The molecule has 0 bridgehead atoms. The van der Waals surface area contributed by atoms with Gasteiger partial charge in [0.2, 0.25) is 0 Å². The Morgan fingerprint density at radius 1 is 1.33 bits per heavy atom. The van der Waals surface area contributed by atoms with Crippen LogP contribution in [0.5, 0.6) is 0 Å². The Labute approximate surface area is 82.9 Å². The fraction of sp³-hybridized carbons (Fsp3) is 0.222. The van der Waals surface area contributed by atoms with Gasteiger partial charge in [-0.1, -0.05) is 12.1 Å². The van der Waals surface area contributed by atoms with Crippen molar-refractivity contribution < 1.29 is 17.6 Å². The number of halogens is 4. The Kier molecular flexibility index (Phi) is 2.95. The lowest BCUT2D eigenvalue weighted by atomic mass is 10.0. The van der Waals surface area contributed by atoms with Gasteiger partial charge in [0.15, 0.2) is 0 Å². The maximum atomic E-state index is 13.0. The van der Waals surface area contributed by atoms with Gasteiger partial charge in [0.1, 0.15) is 17.9 Å². The molecule has 0 saturated heterocycles. The molecule has 0 fully saturated rings. The van der Waals surface area contributed by atoms with Gasteiger partial charge in [-0.2, -0.15) is 18.4 Å². The summed E-state index contributed by atoms with van der Waals surface area (Å²) >= 11 is 0. The van der Waals surface area contributed by atoms with E-state index in [1.807, 2.05) is 0 Å². The summed E-state index contributed by atoms with van der Waals surface area (Å²) < 4.78 is 49.6. The number of nitriles is 1. The molecule has 1 aromatic rings. The van der Waals surface area contributed by atoms with E-state index in [1.165, 1.54) is 6.07 Å². The summed E-state index contributed by atoms with van der Waals surface area (Å²) in [5.41, 5.74) is 3.66. The molecule has 0 amide bonds. The summed E-state index contributed by atoms with van der Waals surface area (Å²) in [5.74, 6) is -1.00. The number of hydrogen-bond acceptors (Lipinski definition) is 2. The average molecular weight is 218 g/mol. The first-order chi connectivity index (χ1) is 6.88. The quantitative estimate of drug-likeness (QED) is 0.735. The van der Waals surface area contributed by atoms with Gasteiger partial charge in [0.25, 0.3) is 0 Å². The molecule has 0 aliphatic carbocycles. The summed E-state index contributed by atoms with van der Waals surface area (Å²) in [6, 6.07) is 1.99. The highest BCUT2D eigenvalue weighted by Gasteiger charge is 2.39. The second kappa shape index (κ2) is 3.87. The zero-order chi connectivity index (χ0) is 11.6. The monoisotopic (exact) mass is 218 g/mol. The van der Waals surface area contributed by atoms with Crippen molar-refractivity contribution in [1.82, 2.24) is 0 Å². The fourth-order valence-corrected chi connectivity index (χ4v) is 1.09. The van der Waals surface area contributed by atoms with Crippen LogP contribution >= 0.6 is 0 Å². The van der Waals surface area contributed by atoms with Crippen LogP contribution in [0, 0.1) is 17.1 Å². The van der Waals surface area contributed by atoms with Crippen molar-refractivity contribution in [3.8, 4) is 6.07 Å². The second-order valence-corrected chi connectivity index (χ2v) is 2.84. The first kappa shape index (κ1) is 11.5. The van der Waals surface area contributed by atoms with Crippen LogP contribution < -0.4 is 5.73 Å². The summed E-state index contributed by atoms with van der Waals surface area (Å²) in [4.78, 5) is 0. The molecule has 0 aliphatic rings. The van der Waals surface area contributed by atoms with Crippen LogP contribution in [0.3, 0.4) is 0 Å². The minimum absolute atomic E-state index is 0.551. The van der Waals surface area contributed by atoms with E-state index in [-0.39, 0.29) is 0 Å². The smallest absolute Gasteiger partial charge is 0.316 e. The summed E-state index contributed by atoms with van der Waals surface area (Å²) in [7, 11) is 0. The molecule has 15 heavy (non-hydrogen) atoms. The first-order valence-corrected chi connectivity index (χ1v) is 3.88. The van der Waals surface area contributed by atoms with Crippen molar-refractivity contribution in [1.29, 1.82) is 5.26 Å². The van der Waals surface area contributed by atoms with E-state index in [0.29, 0.717) is 0 Å². The van der Waals surface area contributed by atoms with Crippen molar-refractivity contribution in [2.24, 2.45) is 5.73 Å². The van der Waals surface area contributed by atoms with Gasteiger partial charge in [-0.3, -0.25) is 0 Å². The van der Waals surface area contributed by atoms with E-state index in [9.17, 15) is 17.6 Å². The fourth-order valence-electron chi connectivity index (χ4n) is 1.09. The third kappa shape index (κ3) is 2.25. The maximum absolute atomic E-state index is 13.0. The Morgan fingerprint density at radius 2 is 1.93 bits per heavy atom. The van der Waals surface area contributed by atoms with Crippen LogP contribution in [0.1, 0.15) is 17.2 Å². The number of hydrogen-bond donors (Lipinski definition) is 1. The summed E-state index contributed by atoms with van der Waals surface area (Å²) in [6.07, 6.45) is -4.70.